The van der Waals surface area contributed by atoms with Gasteiger partial charge in [-0.05, 0) is 47.7 Å². The van der Waals surface area contributed by atoms with Crippen molar-refractivity contribution in [3.63, 3.8) is 0 Å². The zero-order chi connectivity index (χ0) is 16.7. The maximum Gasteiger partial charge on any atom is 0.159 e. The molecule has 2 aromatic carbocycles. The Morgan fingerprint density at radius 3 is 2.39 bits per heavy atom. The molecule has 0 aliphatic heterocycles. The molecule has 0 aliphatic carbocycles. The molecule has 4 heteroatoms. The van der Waals surface area contributed by atoms with Crippen molar-refractivity contribution in [3.8, 4) is 6.07 Å². The molecule has 0 heterocycles. The van der Waals surface area contributed by atoms with Gasteiger partial charge in [-0.1, -0.05) is 49.9 Å². The van der Waals surface area contributed by atoms with Crippen molar-refractivity contribution < 1.29 is 0 Å². The molecule has 0 amide bonds. The summed E-state index contributed by atoms with van der Waals surface area (Å²) in [5, 5.41) is 9.33. The third kappa shape index (κ3) is 5.15. The van der Waals surface area contributed by atoms with Crippen molar-refractivity contribution in [3.05, 3.63) is 65.2 Å². The second-order valence-electron chi connectivity index (χ2n) is 5.45. The van der Waals surface area contributed by atoms with E-state index in [1.54, 1.807) is 0 Å². The van der Waals surface area contributed by atoms with Gasteiger partial charge in [-0.2, -0.15) is 5.26 Å². The average molecular weight is 323 g/mol. The standard InChI is InChI=1S/C19H21N3S/c1-3-14(2)17-8-10-18(11-9-17)22-19(21)23-13-16-6-4-15(12-20)5-7-16/h4-11,14H,3,13H2,1-2H3,(H2,21,22)/t14-/m1/s1. The number of nitrogens with two attached hydrogens (primary N) is 1. The first-order valence-electron chi connectivity index (χ1n) is 7.68. The van der Waals surface area contributed by atoms with E-state index in [0.29, 0.717) is 16.6 Å². The van der Waals surface area contributed by atoms with Gasteiger partial charge < -0.3 is 5.73 Å². The summed E-state index contributed by atoms with van der Waals surface area (Å²) in [5.41, 5.74) is 9.99. The van der Waals surface area contributed by atoms with E-state index >= 15 is 0 Å². The molecule has 0 radical (unpaired) electrons. The molecule has 3 nitrogen and oxygen atoms in total. The molecule has 0 spiro atoms. The Bertz CT molecular complexity index is 697. The lowest BCUT2D eigenvalue weighted by molar-refractivity contribution is 0.734. The van der Waals surface area contributed by atoms with Crippen LogP contribution in [0.2, 0.25) is 0 Å². The van der Waals surface area contributed by atoms with Gasteiger partial charge in [-0.25, -0.2) is 4.99 Å². The van der Waals surface area contributed by atoms with Crippen molar-refractivity contribution in [1.82, 2.24) is 0 Å². The lowest BCUT2D eigenvalue weighted by Crippen LogP contribution is -2.06. The van der Waals surface area contributed by atoms with Gasteiger partial charge in [0.05, 0.1) is 17.3 Å². The summed E-state index contributed by atoms with van der Waals surface area (Å²) in [6.07, 6.45) is 1.13. The highest BCUT2D eigenvalue weighted by Crippen LogP contribution is 2.23. The highest BCUT2D eigenvalue weighted by molar-refractivity contribution is 8.13. The Kier molecular flexibility index (Phi) is 6.25. The van der Waals surface area contributed by atoms with Crippen LogP contribution >= 0.6 is 11.8 Å². The van der Waals surface area contributed by atoms with E-state index < -0.39 is 0 Å². The van der Waals surface area contributed by atoms with Crippen LogP contribution in [0.5, 0.6) is 0 Å². The van der Waals surface area contributed by atoms with Gasteiger partial charge >= 0.3 is 0 Å². The SMILES string of the molecule is CC[C@@H](C)c1ccc(N=C(N)SCc2ccc(C#N)cc2)cc1. The van der Waals surface area contributed by atoms with Crippen molar-refractivity contribution >= 4 is 22.6 Å². The van der Waals surface area contributed by atoms with Crippen molar-refractivity contribution in [1.29, 1.82) is 5.26 Å². The number of hydrogen-bond acceptors (Lipinski definition) is 3. The van der Waals surface area contributed by atoms with Gasteiger partial charge in [-0.3, -0.25) is 0 Å². The third-order valence-electron chi connectivity index (χ3n) is 3.78. The molecule has 118 valence electrons. The Morgan fingerprint density at radius 2 is 1.83 bits per heavy atom. The number of hydrogen-bond donors (Lipinski definition) is 1. The third-order valence-corrected chi connectivity index (χ3v) is 4.65. The molecule has 23 heavy (non-hydrogen) atoms. The Balaban J connectivity index is 1.95. The van der Waals surface area contributed by atoms with Crippen molar-refractivity contribution in [2.75, 3.05) is 0 Å². The highest BCUT2D eigenvalue weighted by Gasteiger charge is 2.03. The quantitative estimate of drug-likeness (QED) is 0.625. The van der Waals surface area contributed by atoms with Gasteiger partial charge in [0.1, 0.15) is 0 Å². The maximum atomic E-state index is 8.79. The molecule has 0 saturated carbocycles. The number of benzene rings is 2. The van der Waals surface area contributed by atoms with Crippen LogP contribution < -0.4 is 5.73 Å². The summed E-state index contributed by atoms with van der Waals surface area (Å²) in [7, 11) is 0. The van der Waals surface area contributed by atoms with Crippen LogP contribution in [-0.2, 0) is 5.75 Å². The van der Waals surface area contributed by atoms with Gasteiger partial charge in [-0.15, -0.1) is 0 Å². The molecule has 2 rings (SSSR count). The Labute approximate surface area is 142 Å². The highest BCUT2D eigenvalue weighted by atomic mass is 32.2. The molecule has 0 fully saturated rings. The zero-order valence-electron chi connectivity index (χ0n) is 13.5. The second kappa shape index (κ2) is 8.40. The largest absolute Gasteiger partial charge is 0.378 e. The summed E-state index contributed by atoms with van der Waals surface area (Å²) < 4.78 is 0. The molecule has 0 saturated heterocycles. The van der Waals surface area contributed by atoms with E-state index in [0.717, 1.165) is 23.4 Å². The lowest BCUT2D eigenvalue weighted by atomic mass is 9.99. The predicted molar refractivity (Wildman–Crippen MR) is 98.9 cm³/mol. The summed E-state index contributed by atoms with van der Waals surface area (Å²) >= 11 is 1.50. The lowest BCUT2D eigenvalue weighted by Gasteiger charge is -2.08. The average Bonchev–Trinajstić information content (AvgIpc) is 2.60. The second-order valence-corrected chi connectivity index (χ2v) is 6.44. The van der Waals surface area contributed by atoms with Gasteiger partial charge in [0.2, 0.25) is 0 Å². The minimum absolute atomic E-state index is 0.547. The van der Waals surface area contributed by atoms with E-state index in [4.69, 9.17) is 11.0 Å². The van der Waals surface area contributed by atoms with Crippen LogP contribution in [0, 0.1) is 11.3 Å². The van der Waals surface area contributed by atoms with Gasteiger partial charge in [0.15, 0.2) is 5.17 Å². The fourth-order valence-corrected chi connectivity index (χ4v) is 2.78. The van der Waals surface area contributed by atoms with E-state index in [-0.39, 0.29) is 0 Å². The van der Waals surface area contributed by atoms with Crippen LogP contribution in [0.15, 0.2) is 53.5 Å². The monoisotopic (exact) mass is 323 g/mol. The maximum absolute atomic E-state index is 8.79. The molecule has 0 aliphatic rings. The summed E-state index contributed by atoms with van der Waals surface area (Å²) in [6.45, 7) is 4.41. The van der Waals surface area contributed by atoms with Crippen molar-refractivity contribution in [2.24, 2.45) is 10.7 Å². The smallest absolute Gasteiger partial charge is 0.159 e. The normalized spacial score (nSPS) is 12.7. The van der Waals surface area contributed by atoms with Crippen LogP contribution in [0.25, 0.3) is 0 Å². The molecule has 0 aromatic heterocycles. The number of thioether (sulfide) groups is 1. The van der Waals surface area contributed by atoms with Gasteiger partial charge in [0.25, 0.3) is 0 Å². The number of nitriles is 1. The van der Waals surface area contributed by atoms with Crippen LogP contribution in [0.3, 0.4) is 0 Å². The van der Waals surface area contributed by atoms with Crippen LogP contribution in [-0.4, -0.2) is 5.17 Å². The topological polar surface area (TPSA) is 62.2 Å². The summed E-state index contributed by atoms with van der Waals surface area (Å²) in [6, 6.07) is 17.9. The first-order chi connectivity index (χ1) is 11.1. The molecular weight excluding hydrogens is 302 g/mol. The fraction of sp³-hybridized carbons (Fsp3) is 0.263. The number of nitrogens with zero attached hydrogens (tertiary/aromatic N) is 2. The van der Waals surface area contributed by atoms with Crippen LogP contribution in [0.4, 0.5) is 5.69 Å². The van der Waals surface area contributed by atoms with Gasteiger partial charge in [0, 0.05) is 5.75 Å². The number of rotatable bonds is 5. The summed E-state index contributed by atoms with van der Waals surface area (Å²) in [5.74, 6) is 1.31. The number of amidine groups is 1. The number of aliphatic imine (C=N–C) groups is 1. The van der Waals surface area contributed by atoms with E-state index in [1.807, 2.05) is 36.4 Å². The summed E-state index contributed by atoms with van der Waals surface area (Å²) in [4.78, 5) is 4.44. The molecule has 0 bridgehead atoms. The molecule has 0 unspecified atom stereocenters. The first-order valence-corrected chi connectivity index (χ1v) is 8.67. The van der Waals surface area contributed by atoms with E-state index in [1.165, 1.54) is 17.3 Å². The minimum Gasteiger partial charge on any atom is -0.378 e. The Hall–Kier alpha value is -2.25. The first kappa shape index (κ1) is 17.1. The molecule has 2 N–H and O–H groups in total. The Morgan fingerprint density at radius 1 is 1.17 bits per heavy atom. The predicted octanol–water partition coefficient (Wildman–Crippen LogP) is 4.95. The van der Waals surface area contributed by atoms with E-state index in [9.17, 15) is 0 Å². The van der Waals surface area contributed by atoms with Crippen molar-refractivity contribution in [2.45, 2.75) is 31.9 Å². The zero-order valence-corrected chi connectivity index (χ0v) is 14.3. The van der Waals surface area contributed by atoms with Crippen LogP contribution in [0.1, 0.15) is 42.9 Å². The van der Waals surface area contributed by atoms with E-state index in [2.05, 4.69) is 37.0 Å². The molecule has 1 atom stereocenters. The fourth-order valence-electron chi connectivity index (χ4n) is 2.11. The molecular formula is C19H21N3S. The minimum atomic E-state index is 0.547. The molecule has 2 aromatic rings.